The van der Waals surface area contributed by atoms with Crippen molar-refractivity contribution in [2.45, 2.75) is 32.7 Å². The number of rotatable bonds is 6. The predicted molar refractivity (Wildman–Crippen MR) is 107 cm³/mol. The molecule has 2 nitrogen and oxygen atoms in total. The quantitative estimate of drug-likeness (QED) is 0.670. The molecule has 26 heavy (non-hydrogen) atoms. The monoisotopic (exact) mass is 343 g/mol. The largest absolute Gasteiger partial charge is 0.345 e. The van der Waals surface area contributed by atoms with Crippen molar-refractivity contribution in [3.63, 3.8) is 0 Å². The maximum Gasteiger partial charge on any atom is 0.225 e. The number of aryl methyl sites for hydroxylation is 2. The molecule has 132 valence electrons. The minimum atomic E-state index is -0.140. The van der Waals surface area contributed by atoms with Crippen LogP contribution in [0.15, 0.2) is 78.9 Å². The Hall–Kier alpha value is -2.87. The number of benzene rings is 3. The van der Waals surface area contributed by atoms with E-state index in [1.807, 2.05) is 30.3 Å². The van der Waals surface area contributed by atoms with Gasteiger partial charge in [0.15, 0.2) is 0 Å². The van der Waals surface area contributed by atoms with Crippen LogP contribution in [0.3, 0.4) is 0 Å². The van der Waals surface area contributed by atoms with Gasteiger partial charge in [-0.15, -0.1) is 0 Å². The van der Waals surface area contributed by atoms with Gasteiger partial charge in [-0.2, -0.15) is 0 Å². The van der Waals surface area contributed by atoms with Crippen LogP contribution in [0.4, 0.5) is 0 Å². The van der Waals surface area contributed by atoms with Gasteiger partial charge >= 0.3 is 0 Å². The van der Waals surface area contributed by atoms with Crippen molar-refractivity contribution in [3.8, 4) is 0 Å². The number of carbonyl (C=O) groups is 1. The van der Waals surface area contributed by atoms with Crippen LogP contribution < -0.4 is 5.32 Å². The fourth-order valence-corrected chi connectivity index (χ4v) is 3.05. The van der Waals surface area contributed by atoms with Crippen LogP contribution in [0.5, 0.6) is 0 Å². The van der Waals surface area contributed by atoms with Gasteiger partial charge in [0.25, 0.3) is 0 Å². The molecule has 0 aromatic heterocycles. The second kappa shape index (κ2) is 8.48. The predicted octanol–water partition coefficient (Wildman–Crippen LogP) is 5.01. The van der Waals surface area contributed by atoms with Crippen LogP contribution in [0.1, 0.15) is 40.8 Å². The average molecular weight is 343 g/mol. The van der Waals surface area contributed by atoms with Crippen LogP contribution in [0.2, 0.25) is 0 Å². The molecular weight excluding hydrogens is 318 g/mol. The van der Waals surface area contributed by atoms with E-state index in [1.54, 1.807) is 0 Å². The summed E-state index contributed by atoms with van der Waals surface area (Å²) in [6.07, 6.45) is 1.40. The molecule has 0 unspecified atom stereocenters. The lowest BCUT2D eigenvalue weighted by Crippen LogP contribution is -2.30. The number of hydrogen-bond acceptors (Lipinski definition) is 1. The molecule has 0 saturated carbocycles. The molecule has 0 aliphatic heterocycles. The Morgan fingerprint density at radius 1 is 0.808 bits per heavy atom. The first-order valence-corrected chi connectivity index (χ1v) is 9.14. The molecule has 0 heterocycles. The van der Waals surface area contributed by atoms with E-state index in [0.29, 0.717) is 6.42 Å². The molecule has 2 heteroatoms. The third-order valence-corrected chi connectivity index (χ3v) is 4.64. The van der Waals surface area contributed by atoms with Crippen molar-refractivity contribution in [2.75, 3.05) is 0 Å². The summed E-state index contributed by atoms with van der Waals surface area (Å²) in [4.78, 5) is 12.7. The van der Waals surface area contributed by atoms with Crippen LogP contribution in [0.25, 0.3) is 0 Å². The Bertz CT molecular complexity index is 836. The van der Waals surface area contributed by atoms with Gasteiger partial charge in [-0.3, -0.25) is 4.79 Å². The molecule has 0 bridgehead atoms. The minimum absolute atomic E-state index is 0.0312. The summed E-state index contributed by atoms with van der Waals surface area (Å²) >= 11 is 0. The van der Waals surface area contributed by atoms with Gasteiger partial charge in [0.1, 0.15) is 0 Å². The van der Waals surface area contributed by atoms with E-state index in [4.69, 9.17) is 0 Å². The summed E-state index contributed by atoms with van der Waals surface area (Å²) in [6.45, 7) is 4.20. The van der Waals surface area contributed by atoms with E-state index in [-0.39, 0.29) is 11.9 Å². The summed E-state index contributed by atoms with van der Waals surface area (Å²) in [5.41, 5.74) is 5.72. The summed E-state index contributed by atoms with van der Waals surface area (Å²) in [6, 6.07) is 26.6. The summed E-state index contributed by atoms with van der Waals surface area (Å²) in [7, 11) is 0. The smallest absolute Gasteiger partial charge is 0.225 e. The van der Waals surface area contributed by atoms with Crippen LogP contribution in [-0.4, -0.2) is 5.91 Å². The van der Waals surface area contributed by atoms with Gasteiger partial charge in [-0.1, -0.05) is 91.3 Å². The number of amides is 1. The number of hydrogen-bond donors (Lipinski definition) is 1. The Morgan fingerprint density at radius 2 is 1.38 bits per heavy atom. The maximum absolute atomic E-state index is 12.7. The molecule has 0 aliphatic rings. The number of nitrogens with one attached hydrogen (secondary N) is 1. The van der Waals surface area contributed by atoms with E-state index >= 15 is 0 Å². The van der Waals surface area contributed by atoms with Crippen LogP contribution in [-0.2, 0) is 17.6 Å². The highest BCUT2D eigenvalue weighted by Gasteiger charge is 2.16. The second-order valence-corrected chi connectivity index (χ2v) is 6.67. The van der Waals surface area contributed by atoms with Crippen molar-refractivity contribution in [1.82, 2.24) is 5.32 Å². The van der Waals surface area contributed by atoms with Gasteiger partial charge in [0.05, 0.1) is 12.5 Å². The zero-order valence-electron chi connectivity index (χ0n) is 15.4. The lowest BCUT2D eigenvalue weighted by Gasteiger charge is -2.20. The van der Waals surface area contributed by atoms with E-state index in [0.717, 1.165) is 23.1 Å². The Balaban J connectivity index is 1.78. The van der Waals surface area contributed by atoms with Crippen molar-refractivity contribution in [2.24, 2.45) is 0 Å². The van der Waals surface area contributed by atoms with Gasteiger partial charge < -0.3 is 5.32 Å². The summed E-state index contributed by atoms with van der Waals surface area (Å²) in [5, 5.41) is 3.21. The zero-order valence-corrected chi connectivity index (χ0v) is 15.4. The third-order valence-electron chi connectivity index (χ3n) is 4.64. The lowest BCUT2D eigenvalue weighted by molar-refractivity contribution is -0.120. The Morgan fingerprint density at radius 3 is 2.00 bits per heavy atom. The van der Waals surface area contributed by atoms with Crippen molar-refractivity contribution >= 4 is 5.91 Å². The first-order valence-electron chi connectivity index (χ1n) is 9.14. The maximum atomic E-state index is 12.7. The van der Waals surface area contributed by atoms with Crippen molar-refractivity contribution < 1.29 is 4.79 Å². The summed E-state index contributed by atoms with van der Waals surface area (Å²) < 4.78 is 0. The Kier molecular flexibility index (Phi) is 5.85. The second-order valence-electron chi connectivity index (χ2n) is 6.67. The highest BCUT2D eigenvalue weighted by atomic mass is 16.1. The van der Waals surface area contributed by atoms with Crippen molar-refractivity contribution in [3.05, 3.63) is 107 Å². The molecule has 0 spiro atoms. The fraction of sp³-hybridized carbons (Fsp3) is 0.208. The molecule has 3 aromatic rings. The van der Waals surface area contributed by atoms with Crippen LogP contribution >= 0.6 is 0 Å². The van der Waals surface area contributed by atoms with Crippen molar-refractivity contribution in [1.29, 1.82) is 0 Å². The van der Waals surface area contributed by atoms with E-state index in [9.17, 15) is 4.79 Å². The fourth-order valence-electron chi connectivity index (χ4n) is 3.05. The molecule has 0 radical (unpaired) electrons. The lowest BCUT2D eigenvalue weighted by atomic mass is 9.97. The molecule has 0 fully saturated rings. The molecule has 1 atom stereocenters. The zero-order chi connectivity index (χ0) is 18.4. The van der Waals surface area contributed by atoms with E-state index < -0.39 is 0 Å². The summed E-state index contributed by atoms with van der Waals surface area (Å²) in [5.74, 6) is 0.0312. The van der Waals surface area contributed by atoms with Gasteiger partial charge in [0, 0.05) is 0 Å². The number of carbonyl (C=O) groups excluding carboxylic acids is 1. The normalized spacial score (nSPS) is 11.8. The molecule has 1 N–H and O–H groups in total. The van der Waals surface area contributed by atoms with Gasteiger partial charge in [-0.05, 0) is 35.6 Å². The van der Waals surface area contributed by atoms with E-state index in [2.05, 4.69) is 67.7 Å². The molecule has 3 aromatic carbocycles. The standard InChI is InChI=1S/C24H25NO/c1-3-19-11-13-20(14-12-19)17-23(26)25-24(21-7-5-4-6-8-21)22-15-9-18(2)10-16-22/h4-16,24H,3,17H2,1-2H3,(H,25,26)/t24-/m1/s1. The minimum Gasteiger partial charge on any atom is -0.345 e. The van der Waals surface area contributed by atoms with Crippen LogP contribution in [0, 0.1) is 6.92 Å². The topological polar surface area (TPSA) is 29.1 Å². The molecule has 0 aliphatic carbocycles. The molecule has 0 saturated heterocycles. The molecule has 1 amide bonds. The SMILES string of the molecule is CCc1ccc(CC(=O)N[C@H](c2ccccc2)c2ccc(C)cc2)cc1. The average Bonchev–Trinajstić information content (AvgIpc) is 2.68. The highest BCUT2D eigenvalue weighted by molar-refractivity contribution is 5.79. The van der Waals surface area contributed by atoms with Gasteiger partial charge in [-0.25, -0.2) is 0 Å². The molecular formula is C24H25NO. The first kappa shape index (κ1) is 17.9. The third kappa shape index (κ3) is 4.60. The molecule has 3 rings (SSSR count). The Labute approximate surface area is 155 Å². The van der Waals surface area contributed by atoms with Gasteiger partial charge in [0.2, 0.25) is 5.91 Å². The first-order chi connectivity index (χ1) is 12.7. The highest BCUT2D eigenvalue weighted by Crippen LogP contribution is 2.22. The van der Waals surface area contributed by atoms with E-state index in [1.165, 1.54) is 11.1 Å².